The minimum atomic E-state index is -0.631. The molecule has 1 atom stereocenters. The van der Waals surface area contributed by atoms with Gasteiger partial charge in [0.2, 0.25) is 0 Å². The molecule has 1 aliphatic rings. The fourth-order valence-electron chi connectivity index (χ4n) is 2.94. The number of nitrogens with zero attached hydrogens (tertiary/aromatic N) is 1. The molecule has 1 unspecified atom stereocenters. The molecule has 17 heavy (non-hydrogen) atoms. The van der Waals surface area contributed by atoms with E-state index in [0.29, 0.717) is 6.04 Å². The van der Waals surface area contributed by atoms with E-state index in [-0.39, 0.29) is 0 Å². The van der Waals surface area contributed by atoms with E-state index in [4.69, 9.17) is 0 Å². The van der Waals surface area contributed by atoms with Crippen molar-refractivity contribution in [3.63, 3.8) is 0 Å². The molecule has 0 aromatic carbocycles. The van der Waals surface area contributed by atoms with Gasteiger partial charge < -0.3 is 5.11 Å². The van der Waals surface area contributed by atoms with Crippen LogP contribution in [-0.4, -0.2) is 35.1 Å². The topological polar surface area (TPSA) is 40.5 Å². The van der Waals surface area contributed by atoms with E-state index < -0.39 is 11.4 Å². The number of hydrogen-bond donors (Lipinski definition) is 1. The number of piperidine rings is 1. The highest BCUT2D eigenvalue weighted by atomic mass is 16.4. The lowest BCUT2D eigenvalue weighted by Crippen LogP contribution is -2.50. The summed E-state index contributed by atoms with van der Waals surface area (Å²) in [6.45, 7) is 8.13. The van der Waals surface area contributed by atoms with Crippen LogP contribution >= 0.6 is 0 Å². The van der Waals surface area contributed by atoms with Gasteiger partial charge in [0, 0.05) is 12.6 Å². The highest BCUT2D eigenvalue weighted by Gasteiger charge is 2.39. The van der Waals surface area contributed by atoms with Crippen LogP contribution in [0.5, 0.6) is 0 Å². The minimum absolute atomic E-state index is 0.530. The van der Waals surface area contributed by atoms with E-state index in [9.17, 15) is 9.90 Å². The number of carbonyl (C=O) groups is 1. The number of hydrogen-bond acceptors (Lipinski definition) is 2. The van der Waals surface area contributed by atoms with Crippen molar-refractivity contribution in [2.75, 3.05) is 13.1 Å². The molecule has 1 heterocycles. The van der Waals surface area contributed by atoms with Gasteiger partial charge in [-0.15, -0.1) is 0 Å². The van der Waals surface area contributed by atoms with E-state index in [1.807, 2.05) is 6.92 Å². The fraction of sp³-hybridized carbons (Fsp3) is 0.929. The van der Waals surface area contributed by atoms with Crippen LogP contribution in [0.1, 0.15) is 59.3 Å². The molecule has 0 aromatic rings. The van der Waals surface area contributed by atoms with Crippen molar-refractivity contribution < 1.29 is 9.90 Å². The van der Waals surface area contributed by atoms with Gasteiger partial charge in [-0.2, -0.15) is 0 Å². The van der Waals surface area contributed by atoms with Gasteiger partial charge in [0.15, 0.2) is 0 Å². The van der Waals surface area contributed by atoms with Crippen LogP contribution in [0, 0.1) is 5.41 Å². The molecular formula is C14H27NO2. The average Bonchev–Trinajstić information content (AvgIpc) is 2.28. The maximum Gasteiger partial charge on any atom is 0.310 e. The Balaban J connectivity index is 2.66. The second kappa shape index (κ2) is 6.39. The van der Waals surface area contributed by atoms with Crippen LogP contribution in [0.15, 0.2) is 0 Å². The van der Waals surface area contributed by atoms with Crippen LogP contribution in [0.3, 0.4) is 0 Å². The Morgan fingerprint density at radius 2 is 1.94 bits per heavy atom. The van der Waals surface area contributed by atoms with Gasteiger partial charge in [0.25, 0.3) is 0 Å². The van der Waals surface area contributed by atoms with Gasteiger partial charge in [-0.05, 0) is 39.2 Å². The third-order valence-electron chi connectivity index (χ3n) is 4.00. The zero-order valence-electron chi connectivity index (χ0n) is 11.5. The zero-order chi connectivity index (χ0) is 12.9. The first kappa shape index (κ1) is 14.5. The van der Waals surface area contributed by atoms with Crippen molar-refractivity contribution in [1.82, 2.24) is 4.90 Å². The molecule has 1 saturated heterocycles. The molecule has 0 aliphatic carbocycles. The first-order valence-electron chi connectivity index (χ1n) is 7.01. The standard InChI is InChI=1S/C14H27NO2/c1-4-7-12(8-5-2)15-10-6-9-14(3,11-15)13(16)17/h12H,4-11H2,1-3H3,(H,16,17). The quantitative estimate of drug-likeness (QED) is 0.776. The highest BCUT2D eigenvalue weighted by molar-refractivity contribution is 5.74. The second-order valence-corrected chi connectivity index (χ2v) is 5.67. The maximum atomic E-state index is 11.3. The molecule has 3 heteroatoms. The Hall–Kier alpha value is -0.570. The molecule has 100 valence electrons. The zero-order valence-corrected chi connectivity index (χ0v) is 11.5. The van der Waals surface area contributed by atoms with Crippen molar-refractivity contribution in [2.24, 2.45) is 5.41 Å². The molecule has 1 fully saturated rings. The normalized spacial score (nSPS) is 26.4. The molecule has 0 saturated carbocycles. The summed E-state index contributed by atoms with van der Waals surface area (Å²) < 4.78 is 0. The highest BCUT2D eigenvalue weighted by Crippen LogP contribution is 2.32. The molecule has 0 bridgehead atoms. The Labute approximate surface area is 105 Å². The van der Waals surface area contributed by atoms with Gasteiger partial charge in [0.05, 0.1) is 5.41 Å². The van der Waals surface area contributed by atoms with Crippen LogP contribution in [0.25, 0.3) is 0 Å². The van der Waals surface area contributed by atoms with Crippen LogP contribution in [0.2, 0.25) is 0 Å². The minimum Gasteiger partial charge on any atom is -0.481 e. The molecule has 1 aliphatic heterocycles. The number of carboxylic acid groups (broad SMARTS) is 1. The van der Waals surface area contributed by atoms with E-state index in [0.717, 1.165) is 25.9 Å². The van der Waals surface area contributed by atoms with Gasteiger partial charge >= 0.3 is 5.97 Å². The van der Waals surface area contributed by atoms with Crippen molar-refractivity contribution in [3.05, 3.63) is 0 Å². The van der Waals surface area contributed by atoms with E-state index in [1.54, 1.807) is 0 Å². The largest absolute Gasteiger partial charge is 0.481 e. The lowest BCUT2D eigenvalue weighted by atomic mass is 9.81. The van der Waals surface area contributed by atoms with Gasteiger partial charge in [-0.3, -0.25) is 9.69 Å². The molecule has 3 nitrogen and oxygen atoms in total. The van der Waals surface area contributed by atoms with E-state index >= 15 is 0 Å². The summed E-state index contributed by atoms with van der Waals surface area (Å²) in [6.07, 6.45) is 6.61. The molecule has 0 amide bonds. The first-order chi connectivity index (χ1) is 8.03. The Morgan fingerprint density at radius 1 is 1.35 bits per heavy atom. The lowest BCUT2D eigenvalue weighted by Gasteiger charge is -2.42. The van der Waals surface area contributed by atoms with Crippen molar-refractivity contribution >= 4 is 5.97 Å². The summed E-state index contributed by atoms with van der Waals surface area (Å²) in [5.41, 5.74) is -0.530. The van der Waals surface area contributed by atoms with Gasteiger partial charge in [-0.25, -0.2) is 0 Å². The Morgan fingerprint density at radius 3 is 2.41 bits per heavy atom. The van der Waals surface area contributed by atoms with Gasteiger partial charge in [0.1, 0.15) is 0 Å². The number of aliphatic carboxylic acids is 1. The summed E-state index contributed by atoms with van der Waals surface area (Å²) in [5, 5.41) is 9.33. The summed E-state index contributed by atoms with van der Waals surface area (Å²) in [7, 11) is 0. The summed E-state index contributed by atoms with van der Waals surface area (Å²) in [6, 6.07) is 0.587. The molecular weight excluding hydrogens is 214 g/mol. The van der Waals surface area contributed by atoms with Gasteiger partial charge in [-0.1, -0.05) is 26.7 Å². The Kier molecular flexibility index (Phi) is 5.44. The van der Waals surface area contributed by atoms with E-state index in [1.165, 1.54) is 25.7 Å². The molecule has 0 spiro atoms. The summed E-state index contributed by atoms with van der Waals surface area (Å²) in [4.78, 5) is 13.8. The smallest absolute Gasteiger partial charge is 0.310 e. The monoisotopic (exact) mass is 241 g/mol. The van der Waals surface area contributed by atoms with Crippen molar-refractivity contribution in [1.29, 1.82) is 0 Å². The van der Waals surface area contributed by atoms with Crippen LogP contribution in [0.4, 0.5) is 0 Å². The third kappa shape index (κ3) is 3.70. The molecule has 0 radical (unpaired) electrons. The number of rotatable bonds is 6. The Bertz CT molecular complexity index is 249. The average molecular weight is 241 g/mol. The fourth-order valence-corrected chi connectivity index (χ4v) is 2.94. The lowest BCUT2D eigenvalue weighted by molar-refractivity contribution is -0.151. The molecule has 1 rings (SSSR count). The van der Waals surface area contributed by atoms with Crippen LogP contribution in [-0.2, 0) is 4.79 Å². The summed E-state index contributed by atoms with van der Waals surface area (Å²) >= 11 is 0. The second-order valence-electron chi connectivity index (χ2n) is 5.67. The van der Waals surface area contributed by atoms with Crippen molar-refractivity contribution in [3.8, 4) is 0 Å². The first-order valence-corrected chi connectivity index (χ1v) is 7.01. The number of likely N-dealkylation sites (tertiary alicyclic amines) is 1. The maximum absolute atomic E-state index is 11.3. The van der Waals surface area contributed by atoms with E-state index in [2.05, 4.69) is 18.7 Å². The molecule has 1 N–H and O–H groups in total. The van der Waals surface area contributed by atoms with Crippen molar-refractivity contribution in [2.45, 2.75) is 65.3 Å². The predicted molar refractivity (Wildman–Crippen MR) is 70.2 cm³/mol. The summed E-state index contributed by atoms with van der Waals surface area (Å²) in [5.74, 6) is -0.631. The van der Waals surface area contributed by atoms with Crippen LogP contribution < -0.4 is 0 Å². The SMILES string of the molecule is CCCC(CCC)N1CCCC(C)(C(=O)O)C1. The predicted octanol–water partition coefficient (Wildman–Crippen LogP) is 3.14. The third-order valence-corrected chi connectivity index (χ3v) is 4.00. The molecule has 0 aromatic heterocycles. The number of carboxylic acids is 1.